The molecular weight excluding hydrogens is 353 g/mol. The Hall–Kier alpha value is -1.43. The molecule has 1 aliphatic rings. The molecule has 1 aliphatic heterocycles. The Kier molecular flexibility index (Phi) is 5.30. The van der Waals surface area contributed by atoms with Gasteiger partial charge in [-0.25, -0.2) is 4.98 Å². The molecule has 3 rings (SSSR count). The molecule has 120 valence electrons. The molecule has 23 heavy (non-hydrogen) atoms. The minimum atomic E-state index is -0.243. The van der Waals surface area contributed by atoms with Crippen LogP contribution < -0.4 is 10.2 Å². The normalized spacial score (nSPS) is 14.6. The number of thioether (sulfide) groups is 1. The van der Waals surface area contributed by atoms with Crippen molar-refractivity contribution in [1.29, 1.82) is 0 Å². The van der Waals surface area contributed by atoms with Crippen molar-refractivity contribution in [2.45, 2.75) is 0 Å². The molecule has 0 saturated carbocycles. The quantitative estimate of drug-likeness (QED) is 0.825. The van der Waals surface area contributed by atoms with Crippen molar-refractivity contribution < 1.29 is 4.79 Å². The third-order valence-electron chi connectivity index (χ3n) is 3.55. The highest BCUT2D eigenvalue weighted by Crippen LogP contribution is 2.30. The average molecular weight is 368 g/mol. The van der Waals surface area contributed by atoms with Crippen LogP contribution in [0.4, 0.5) is 11.4 Å². The van der Waals surface area contributed by atoms with Crippen LogP contribution in [0.3, 0.4) is 0 Å². The summed E-state index contributed by atoms with van der Waals surface area (Å²) in [6, 6.07) is 8.73. The Morgan fingerprint density at radius 3 is 2.65 bits per heavy atom. The molecule has 0 spiro atoms. The fourth-order valence-corrected chi connectivity index (χ4v) is 3.77. The van der Waals surface area contributed by atoms with Crippen molar-refractivity contribution in [3.8, 4) is 0 Å². The molecule has 0 unspecified atom stereocenters. The third kappa shape index (κ3) is 4.10. The first-order chi connectivity index (χ1) is 11.1. The minimum absolute atomic E-state index is 0.243. The zero-order valence-electron chi connectivity index (χ0n) is 12.3. The lowest BCUT2D eigenvalue weighted by Gasteiger charge is -2.29. The summed E-state index contributed by atoms with van der Waals surface area (Å²) >= 11 is 14.1. The summed E-state index contributed by atoms with van der Waals surface area (Å²) in [5, 5.41) is 3.75. The van der Waals surface area contributed by atoms with E-state index in [0.29, 0.717) is 16.3 Å². The number of carbonyl (C=O) groups is 1. The van der Waals surface area contributed by atoms with Crippen molar-refractivity contribution in [1.82, 2.24) is 4.98 Å². The van der Waals surface area contributed by atoms with Gasteiger partial charge < -0.3 is 10.2 Å². The van der Waals surface area contributed by atoms with Crippen LogP contribution in [-0.2, 0) is 0 Å². The zero-order valence-corrected chi connectivity index (χ0v) is 14.6. The van der Waals surface area contributed by atoms with Gasteiger partial charge in [0.25, 0.3) is 5.91 Å². The first-order valence-corrected chi connectivity index (χ1v) is 9.10. The zero-order chi connectivity index (χ0) is 16.2. The molecule has 0 aliphatic carbocycles. The van der Waals surface area contributed by atoms with Crippen molar-refractivity contribution in [2.24, 2.45) is 0 Å². The van der Waals surface area contributed by atoms with E-state index in [1.807, 2.05) is 23.9 Å². The summed E-state index contributed by atoms with van der Waals surface area (Å²) in [6.45, 7) is 1.98. The number of amides is 1. The molecule has 7 heteroatoms. The molecule has 0 radical (unpaired) electrons. The van der Waals surface area contributed by atoms with E-state index in [2.05, 4.69) is 15.2 Å². The Labute approximate surface area is 149 Å². The molecule has 1 N–H and O–H groups in total. The minimum Gasteiger partial charge on any atom is -0.369 e. The smallest absolute Gasteiger partial charge is 0.255 e. The average Bonchev–Trinajstić information content (AvgIpc) is 2.56. The van der Waals surface area contributed by atoms with Gasteiger partial charge in [0.2, 0.25) is 0 Å². The summed E-state index contributed by atoms with van der Waals surface area (Å²) in [4.78, 5) is 18.3. The van der Waals surface area contributed by atoms with E-state index < -0.39 is 0 Å². The Bertz CT molecular complexity index is 720. The molecule has 1 aromatic carbocycles. The molecule has 1 amide bonds. The summed E-state index contributed by atoms with van der Waals surface area (Å²) in [5.74, 6) is 1.97. The third-order valence-corrected chi connectivity index (χ3v) is 5.00. The van der Waals surface area contributed by atoms with Crippen LogP contribution in [0.2, 0.25) is 10.2 Å². The van der Waals surface area contributed by atoms with Crippen LogP contribution in [-0.4, -0.2) is 35.5 Å². The highest BCUT2D eigenvalue weighted by Gasteiger charge is 2.15. The molecule has 2 aromatic rings. The number of hydrogen-bond acceptors (Lipinski definition) is 4. The number of anilines is 2. The van der Waals surface area contributed by atoms with Crippen molar-refractivity contribution in [2.75, 3.05) is 34.8 Å². The number of rotatable bonds is 3. The van der Waals surface area contributed by atoms with Gasteiger partial charge in [0.1, 0.15) is 5.15 Å². The molecular formula is C16H15Cl2N3OS. The topological polar surface area (TPSA) is 45.2 Å². The van der Waals surface area contributed by atoms with E-state index >= 15 is 0 Å². The molecule has 4 nitrogen and oxygen atoms in total. The first kappa shape index (κ1) is 16.4. The van der Waals surface area contributed by atoms with Crippen LogP contribution in [0.1, 0.15) is 10.4 Å². The molecule has 2 heterocycles. The largest absolute Gasteiger partial charge is 0.369 e. The summed E-state index contributed by atoms with van der Waals surface area (Å²) in [7, 11) is 0. The lowest BCUT2D eigenvalue weighted by atomic mass is 10.2. The maximum Gasteiger partial charge on any atom is 0.255 e. The van der Waals surface area contributed by atoms with Crippen molar-refractivity contribution in [3.63, 3.8) is 0 Å². The van der Waals surface area contributed by atoms with Gasteiger partial charge in [-0.05, 0) is 30.3 Å². The number of pyridine rings is 1. The highest BCUT2D eigenvalue weighted by atomic mass is 35.5. The second-order valence-corrected chi connectivity index (χ2v) is 7.11. The monoisotopic (exact) mass is 367 g/mol. The van der Waals surface area contributed by atoms with E-state index in [1.54, 1.807) is 12.1 Å². The Balaban J connectivity index is 1.73. The predicted molar refractivity (Wildman–Crippen MR) is 98.2 cm³/mol. The first-order valence-electron chi connectivity index (χ1n) is 7.18. The predicted octanol–water partition coefficient (Wildman–Crippen LogP) is 4.19. The van der Waals surface area contributed by atoms with Gasteiger partial charge in [-0.3, -0.25) is 4.79 Å². The van der Waals surface area contributed by atoms with Gasteiger partial charge in [-0.2, -0.15) is 11.8 Å². The fraction of sp³-hybridized carbons (Fsp3) is 0.250. The summed E-state index contributed by atoms with van der Waals surface area (Å²) in [6.07, 6.45) is 1.50. The van der Waals surface area contributed by atoms with Gasteiger partial charge in [0, 0.05) is 42.0 Å². The number of halogens is 2. The van der Waals surface area contributed by atoms with Crippen LogP contribution in [0.5, 0.6) is 0 Å². The Morgan fingerprint density at radius 1 is 1.17 bits per heavy atom. The second-order valence-electron chi connectivity index (χ2n) is 5.09. The number of benzene rings is 1. The van der Waals surface area contributed by atoms with Gasteiger partial charge in [-0.15, -0.1) is 0 Å². The summed E-state index contributed by atoms with van der Waals surface area (Å²) < 4.78 is 0. The second kappa shape index (κ2) is 7.43. The fourth-order valence-electron chi connectivity index (χ4n) is 2.39. The maximum atomic E-state index is 12.2. The number of nitrogens with zero attached hydrogens (tertiary/aromatic N) is 2. The van der Waals surface area contributed by atoms with Crippen LogP contribution in [0.15, 0.2) is 36.5 Å². The lowest BCUT2D eigenvalue weighted by Crippen LogP contribution is -2.32. The van der Waals surface area contributed by atoms with Gasteiger partial charge in [0.05, 0.1) is 10.7 Å². The molecule has 0 bridgehead atoms. The number of nitrogens with one attached hydrogen (secondary N) is 1. The van der Waals surface area contributed by atoms with E-state index in [0.717, 1.165) is 30.3 Å². The van der Waals surface area contributed by atoms with Gasteiger partial charge >= 0.3 is 0 Å². The van der Waals surface area contributed by atoms with Crippen LogP contribution in [0, 0.1) is 0 Å². The Morgan fingerprint density at radius 2 is 1.96 bits per heavy atom. The van der Waals surface area contributed by atoms with E-state index in [9.17, 15) is 4.79 Å². The van der Waals surface area contributed by atoms with Crippen molar-refractivity contribution in [3.05, 3.63) is 52.3 Å². The molecule has 0 atom stereocenters. The van der Waals surface area contributed by atoms with E-state index in [-0.39, 0.29) is 11.1 Å². The van der Waals surface area contributed by atoms with Gasteiger partial charge in [-0.1, -0.05) is 23.2 Å². The number of carbonyl (C=O) groups excluding carboxylic acids is 1. The highest BCUT2D eigenvalue weighted by molar-refractivity contribution is 7.99. The molecule has 1 fully saturated rings. The lowest BCUT2D eigenvalue weighted by molar-refractivity contribution is 0.102. The SMILES string of the molecule is O=C(Nc1ccc(N2CCSCC2)c(Cl)c1)c1ccnc(Cl)c1. The molecule has 1 saturated heterocycles. The number of hydrogen-bond donors (Lipinski definition) is 1. The van der Waals surface area contributed by atoms with Crippen LogP contribution >= 0.6 is 35.0 Å². The van der Waals surface area contributed by atoms with Crippen LogP contribution in [0.25, 0.3) is 0 Å². The maximum absolute atomic E-state index is 12.2. The van der Waals surface area contributed by atoms with Gasteiger partial charge in [0.15, 0.2) is 0 Å². The summed E-state index contributed by atoms with van der Waals surface area (Å²) in [5.41, 5.74) is 2.12. The van der Waals surface area contributed by atoms with E-state index in [4.69, 9.17) is 23.2 Å². The van der Waals surface area contributed by atoms with E-state index in [1.165, 1.54) is 12.3 Å². The standard InChI is InChI=1S/C16H15Cl2N3OS/c17-13-10-12(1-2-14(13)21-5-7-23-8-6-21)20-16(22)11-3-4-19-15(18)9-11/h1-4,9-10H,5-8H2,(H,20,22). The molecule has 1 aromatic heterocycles. The van der Waals surface area contributed by atoms with Crippen molar-refractivity contribution >= 4 is 52.2 Å². The number of aromatic nitrogens is 1.